The molecule has 0 unspecified atom stereocenters. The summed E-state index contributed by atoms with van der Waals surface area (Å²) in [5, 5.41) is 1.48. The summed E-state index contributed by atoms with van der Waals surface area (Å²) in [5.41, 5.74) is 1.30. The second-order valence-electron chi connectivity index (χ2n) is 5.94. The zero-order valence-electron chi connectivity index (χ0n) is 10.5. The van der Waals surface area contributed by atoms with Crippen LogP contribution in [0, 0.1) is 0 Å². The fraction of sp³-hybridized carbons (Fsp3) is 0.500. The van der Waals surface area contributed by atoms with E-state index >= 15 is 0 Å². The van der Waals surface area contributed by atoms with Gasteiger partial charge in [-0.15, -0.1) is 0 Å². The van der Waals surface area contributed by atoms with Crippen molar-refractivity contribution in [3.05, 3.63) is 29.8 Å². The average molecular weight is 238 g/mol. The molecule has 0 aliphatic rings. The van der Waals surface area contributed by atoms with Gasteiger partial charge in [-0.3, -0.25) is 0 Å². The third kappa shape index (κ3) is 4.32. The minimum atomic E-state index is -1.96. The lowest BCUT2D eigenvalue weighted by Crippen LogP contribution is -2.38. The van der Waals surface area contributed by atoms with E-state index in [9.17, 15) is 4.80 Å². The van der Waals surface area contributed by atoms with Crippen LogP contribution in [0.15, 0.2) is 24.3 Å². The van der Waals surface area contributed by atoms with Crippen molar-refractivity contribution in [2.24, 2.45) is 0 Å². The van der Waals surface area contributed by atoms with Crippen LogP contribution in [0.2, 0.25) is 32.7 Å². The molecule has 84 valence electrons. The molecule has 0 spiro atoms. The van der Waals surface area contributed by atoms with Crippen molar-refractivity contribution in [1.82, 2.24) is 0 Å². The zero-order chi connectivity index (χ0) is 11.7. The molecule has 1 aromatic carbocycles. The van der Waals surface area contributed by atoms with Crippen molar-refractivity contribution in [3.8, 4) is 0 Å². The van der Waals surface area contributed by atoms with Crippen LogP contribution in [0.3, 0.4) is 0 Å². The minimum Gasteiger partial charge on any atom is -0.432 e. The fourth-order valence-electron chi connectivity index (χ4n) is 1.65. The lowest BCUT2D eigenvalue weighted by Gasteiger charge is -2.19. The van der Waals surface area contributed by atoms with Crippen molar-refractivity contribution in [2.75, 3.05) is 0 Å². The molecular formula is C12H22OSi2. The molecule has 0 aliphatic heterocycles. The van der Waals surface area contributed by atoms with Gasteiger partial charge in [-0.1, -0.05) is 49.1 Å². The van der Waals surface area contributed by atoms with E-state index in [1.54, 1.807) is 0 Å². The van der Waals surface area contributed by atoms with E-state index in [1.165, 1.54) is 10.8 Å². The van der Waals surface area contributed by atoms with Crippen molar-refractivity contribution < 1.29 is 4.80 Å². The molecule has 0 bridgehead atoms. The molecule has 0 atom stereocenters. The second-order valence-corrected chi connectivity index (χ2v) is 15.0. The molecule has 0 aliphatic carbocycles. The molecule has 15 heavy (non-hydrogen) atoms. The third-order valence-corrected chi connectivity index (χ3v) is 5.75. The summed E-state index contributed by atoms with van der Waals surface area (Å²) in [6, 6.07) is 9.64. The van der Waals surface area contributed by atoms with Gasteiger partial charge in [-0.2, -0.15) is 0 Å². The molecule has 0 heterocycles. The topological polar surface area (TPSA) is 20.2 Å². The Morgan fingerprint density at radius 3 is 2.13 bits per heavy atom. The van der Waals surface area contributed by atoms with E-state index in [0.29, 0.717) is 0 Å². The van der Waals surface area contributed by atoms with Gasteiger partial charge in [0.2, 0.25) is 0 Å². The normalized spacial score (nSPS) is 12.9. The summed E-state index contributed by atoms with van der Waals surface area (Å²) in [6.07, 6.45) is 0. The van der Waals surface area contributed by atoms with Crippen molar-refractivity contribution >= 4 is 21.6 Å². The highest BCUT2D eigenvalue weighted by molar-refractivity contribution is 6.88. The minimum absolute atomic E-state index is 0.866. The number of benzene rings is 1. The van der Waals surface area contributed by atoms with Crippen molar-refractivity contribution in [3.63, 3.8) is 0 Å². The van der Waals surface area contributed by atoms with Crippen LogP contribution in [0.1, 0.15) is 5.56 Å². The van der Waals surface area contributed by atoms with Crippen molar-refractivity contribution in [2.45, 2.75) is 38.8 Å². The summed E-state index contributed by atoms with van der Waals surface area (Å²) in [5.74, 6) is 0. The molecular weight excluding hydrogens is 216 g/mol. The van der Waals surface area contributed by atoms with E-state index in [0.717, 1.165) is 6.04 Å². The van der Waals surface area contributed by atoms with Gasteiger partial charge in [0.05, 0.1) is 8.07 Å². The molecule has 0 saturated carbocycles. The van der Waals surface area contributed by atoms with E-state index in [1.807, 2.05) is 13.1 Å². The highest BCUT2D eigenvalue weighted by atomic mass is 28.4. The van der Waals surface area contributed by atoms with E-state index < -0.39 is 16.4 Å². The SMILES string of the molecule is C[Si](C)(O)Cc1cccc([Si](C)(C)C)c1. The van der Waals surface area contributed by atoms with Gasteiger partial charge in [-0.05, 0) is 24.7 Å². The predicted molar refractivity (Wildman–Crippen MR) is 72.8 cm³/mol. The molecule has 0 fully saturated rings. The molecule has 1 rings (SSSR count). The van der Waals surface area contributed by atoms with E-state index in [-0.39, 0.29) is 0 Å². The van der Waals surface area contributed by atoms with Gasteiger partial charge in [0.1, 0.15) is 0 Å². The maximum Gasteiger partial charge on any atom is 0.186 e. The third-order valence-electron chi connectivity index (χ3n) is 2.43. The summed E-state index contributed by atoms with van der Waals surface area (Å²) >= 11 is 0. The maximum atomic E-state index is 9.92. The van der Waals surface area contributed by atoms with Gasteiger partial charge in [0.15, 0.2) is 8.32 Å². The summed E-state index contributed by atoms with van der Waals surface area (Å²) in [7, 11) is -3.17. The zero-order valence-corrected chi connectivity index (χ0v) is 12.5. The lowest BCUT2D eigenvalue weighted by atomic mass is 10.2. The largest absolute Gasteiger partial charge is 0.432 e. The van der Waals surface area contributed by atoms with Crippen LogP contribution >= 0.6 is 0 Å². The molecule has 1 aromatic rings. The molecule has 0 saturated heterocycles. The molecule has 1 N–H and O–H groups in total. The standard InChI is InChI=1S/C12H22OSi2/c1-14(2,3)12-8-6-7-11(9-12)10-15(4,5)13/h6-9,13H,10H2,1-5H3. The Labute approximate surface area is 95.3 Å². The van der Waals surface area contributed by atoms with Gasteiger partial charge < -0.3 is 4.80 Å². The molecule has 1 nitrogen and oxygen atoms in total. The average Bonchev–Trinajstić information content (AvgIpc) is 1.99. The highest BCUT2D eigenvalue weighted by Crippen LogP contribution is 2.10. The first-order chi connectivity index (χ1) is 6.68. The monoisotopic (exact) mass is 238 g/mol. The molecule has 0 aromatic heterocycles. The van der Waals surface area contributed by atoms with Crippen LogP contribution in [0.5, 0.6) is 0 Å². The number of rotatable bonds is 3. The van der Waals surface area contributed by atoms with Gasteiger partial charge in [0.25, 0.3) is 0 Å². The molecule has 0 radical (unpaired) electrons. The predicted octanol–water partition coefficient (Wildman–Crippen LogP) is 2.51. The van der Waals surface area contributed by atoms with Gasteiger partial charge in [0, 0.05) is 0 Å². The Hall–Kier alpha value is -0.386. The number of hydrogen-bond donors (Lipinski definition) is 1. The lowest BCUT2D eigenvalue weighted by molar-refractivity contribution is 0.548. The van der Waals surface area contributed by atoms with Gasteiger partial charge in [-0.25, -0.2) is 0 Å². The van der Waals surface area contributed by atoms with E-state index in [2.05, 4.69) is 43.9 Å². The fourth-order valence-corrected chi connectivity index (χ4v) is 4.08. The Morgan fingerprint density at radius 2 is 1.67 bits per heavy atom. The first-order valence-corrected chi connectivity index (χ1v) is 12.2. The first-order valence-electron chi connectivity index (χ1n) is 5.50. The number of hydrogen-bond acceptors (Lipinski definition) is 1. The first kappa shape index (κ1) is 12.7. The Kier molecular flexibility index (Phi) is 3.58. The Bertz CT molecular complexity index is 334. The van der Waals surface area contributed by atoms with Crippen LogP contribution < -0.4 is 5.19 Å². The Morgan fingerprint density at radius 1 is 1.07 bits per heavy atom. The van der Waals surface area contributed by atoms with E-state index in [4.69, 9.17) is 0 Å². The van der Waals surface area contributed by atoms with Crippen molar-refractivity contribution in [1.29, 1.82) is 0 Å². The van der Waals surface area contributed by atoms with Crippen LogP contribution in [0.4, 0.5) is 0 Å². The summed E-state index contributed by atoms with van der Waals surface area (Å²) < 4.78 is 0. The summed E-state index contributed by atoms with van der Waals surface area (Å²) in [4.78, 5) is 9.92. The Balaban J connectivity index is 2.94. The quantitative estimate of drug-likeness (QED) is 0.802. The molecule has 3 heteroatoms. The van der Waals surface area contributed by atoms with Crippen LogP contribution in [0.25, 0.3) is 0 Å². The molecule has 0 amide bonds. The highest BCUT2D eigenvalue weighted by Gasteiger charge is 2.20. The maximum absolute atomic E-state index is 9.92. The van der Waals surface area contributed by atoms with Gasteiger partial charge >= 0.3 is 0 Å². The summed E-state index contributed by atoms with van der Waals surface area (Å²) in [6.45, 7) is 11.1. The van der Waals surface area contributed by atoms with Crippen LogP contribution in [-0.4, -0.2) is 21.2 Å². The smallest absolute Gasteiger partial charge is 0.186 e. The van der Waals surface area contributed by atoms with Crippen LogP contribution in [-0.2, 0) is 6.04 Å². The second kappa shape index (κ2) is 4.24.